The quantitative estimate of drug-likeness (QED) is 0.298. The molecule has 4 heterocycles. The van der Waals surface area contributed by atoms with Gasteiger partial charge < -0.3 is 14.2 Å². The molecule has 2 saturated heterocycles. The van der Waals surface area contributed by atoms with Gasteiger partial charge in [-0.1, -0.05) is 35.8 Å². The number of nitrogens with zero attached hydrogens (tertiary/aromatic N) is 6. The van der Waals surface area contributed by atoms with Crippen LogP contribution in [0.2, 0.25) is 0 Å². The van der Waals surface area contributed by atoms with E-state index in [1.807, 2.05) is 19.1 Å². The number of fused-ring (bicyclic) bond motifs is 1. The fraction of sp³-hybridized carbons (Fsp3) is 0.571. The number of nitrogens with one attached hydrogen (secondary N) is 2. The lowest BCUT2D eigenvalue weighted by Crippen LogP contribution is -2.58. The summed E-state index contributed by atoms with van der Waals surface area (Å²) in [4.78, 5) is 14.2. The predicted molar refractivity (Wildman–Crippen MR) is 154 cm³/mol. The molecule has 2 fully saturated rings. The number of anilines is 1. The van der Waals surface area contributed by atoms with Gasteiger partial charge in [0.15, 0.2) is 11.5 Å². The molecule has 2 aromatic heterocycles. The summed E-state index contributed by atoms with van der Waals surface area (Å²) in [6.45, 7) is 13.3. The first-order valence-electron chi connectivity index (χ1n) is 13.7. The second-order valence-corrected chi connectivity index (χ2v) is 12.2. The van der Waals surface area contributed by atoms with Crippen LogP contribution in [0.1, 0.15) is 58.0 Å². The zero-order valence-electron chi connectivity index (χ0n) is 23.3. The number of imidazole rings is 1. The summed E-state index contributed by atoms with van der Waals surface area (Å²) in [5, 5.41) is 16.7. The fourth-order valence-corrected chi connectivity index (χ4v) is 6.62. The van der Waals surface area contributed by atoms with Crippen molar-refractivity contribution < 1.29 is 9.13 Å². The van der Waals surface area contributed by atoms with Crippen LogP contribution in [0.5, 0.6) is 0 Å². The number of rotatable bonds is 7. The summed E-state index contributed by atoms with van der Waals surface area (Å²) in [7, 11) is 0. The number of ether oxygens (including phenoxy) is 1. The predicted octanol–water partition coefficient (Wildman–Crippen LogP) is 4.85. The molecule has 11 heteroatoms. The minimum Gasteiger partial charge on any atom is -0.376 e. The second-order valence-electron chi connectivity index (χ2n) is 11.2. The van der Waals surface area contributed by atoms with Crippen LogP contribution < -0.4 is 10.5 Å². The van der Waals surface area contributed by atoms with E-state index in [0.717, 1.165) is 36.1 Å². The van der Waals surface area contributed by atoms with Crippen molar-refractivity contribution in [3.05, 3.63) is 45.5 Å². The molecule has 4 atom stereocenters. The minimum absolute atomic E-state index is 0.000244. The SMILES string of the molecule is Cc1nc2c(N3C[C@@H](C)N([C@@H](c4ccc(Br)cc4F)C(C)C)C[C@@H]3C)nc(=N)n(C=N)c2n1C[C@@H]1CCCO1. The summed E-state index contributed by atoms with van der Waals surface area (Å²) < 4.78 is 25.3. The van der Waals surface area contributed by atoms with Crippen molar-refractivity contribution in [2.75, 3.05) is 24.6 Å². The van der Waals surface area contributed by atoms with Gasteiger partial charge in [-0.15, -0.1) is 0 Å². The number of piperazine rings is 1. The van der Waals surface area contributed by atoms with Gasteiger partial charge in [-0.3, -0.25) is 20.3 Å². The number of halogens is 2. The number of hydrogen-bond acceptors (Lipinski definition) is 7. The van der Waals surface area contributed by atoms with Crippen LogP contribution in [0, 0.1) is 29.5 Å². The number of benzene rings is 1. The molecule has 0 unspecified atom stereocenters. The molecule has 0 amide bonds. The third kappa shape index (κ3) is 5.16. The van der Waals surface area contributed by atoms with Crippen LogP contribution in [-0.4, -0.2) is 68.2 Å². The van der Waals surface area contributed by atoms with E-state index in [9.17, 15) is 0 Å². The van der Waals surface area contributed by atoms with Gasteiger partial charge >= 0.3 is 0 Å². The second kappa shape index (κ2) is 11.1. The Morgan fingerprint density at radius 3 is 2.62 bits per heavy atom. The van der Waals surface area contributed by atoms with E-state index in [1.165, 1.54) is 4.57 Å². The Morgan fingerprint density at radius 1 is 1.21 bits per heavy atom. The zero-order chi connectivity index (χ0) is 28.0. The number of aromatic nitrogens is 4. The molecule has 9 nitrogen and oxygen atoms in total. The van der Waals surface area contributed by atoms with Crippen LogP contribution in [0.15, 0.2) is 22.7 Å². The van der Waals surface area contributed by atoms with E-state index in [2.05, 4.69) is 63.0 Å². The fourth-order valence-electron chi connectivity index (χ4n) is 6.29. The molecule has 0 bridgehead atoms. The molecule has 0 spiro atoms. The van der Waals surface area contributed by atoms with Crippen molar-refractivity contribution >= 4 is 39.3 Å². The Bertz CT molecular complexity index is 1430. The highest BCUT2D eigenvalue weighted by atomic mass is 79.9. The normalized spacial score (nSPS) is 23.2. The Balaban J connectivity index is 1.52. The Kier molecular flexibility index (Phi) is 7.94. The van der Waals surface area contributed by atoms with Crippen LogP contribution in [0.4, 0.5) is 10.2 Å². The lowest BCUT2D eigenvalue weighted by molar-refractivity contribution is 0.0799. The lowest BCUT2D eigenvalue weighted by Gasteiger charge is -2.49. The summed E-state index contributed by atoms with van der Waals surface area (Å²) in [6.07, 6.45) is 3.26. The molecule has 0 saturated carbocycles. The van der Waals surface area contributed by atoms with E-state index in [0.29, 0.717) is 42.2 Å². The molecule has 0 aliphatic carbocycles. The maximum absolute atomic E-state index is 15.1. The van der Waals surface area contributed by atoms with Crippen molar-refractivity contribution in [1.29, 1.82) is 10.8 Å². The first kappa shape index (κ1) is 27.9. The van der Waals surface area contributed by atoms with Crippen LogP contribution in [-0.2, 0) is 11.3 Å². The molecule has 1 aromatic carbocycles. The highest BCUT2D eigenvalue weighted by Crippen LogP contribution is 2.37. The topological polar surface area (TPSA) is 99.1 Å². The van der Waals surface area contributed by atoms with Crippen LogP contribution in [0.3, 0.4) is 0 Å². The first-order valence-corrected chi connectivity index (χ1v) is 14.5. The third-order valence-corrected chi connectivity index (χ3v) is 8.62. The minimum atomic E-state index is -0.195. The van der Waals surface area contributed by atoms with Crippen molar-refractivity contribution in [2.24, 2.45) is 5.92 Å². The standard InChI is InChI=1S/C28H38BrFN8O/c1-16(2)25(22-9-8-20(29)11-23(22)30)35-12-18(4)36(13-17(35)3)26-24-27(38(15-31)28(32)34-26)37(19(5)33-24)14-21-7-6-10-39-21/h8-9,11,15-18,21,25,31-32H,6-7,10,12-14H2,1-5H3/t17-,18+,21+,25-/m1/s1. The van der Waals surface area contributed by atoms with Crippen molar-refractivity contribution in [1.82, 2.24) is 24.0 Å². The average molecular weight is 602 g/mol. The van der Waals surface area contributed by atoms with E-state index < -0.39 is 0 Å². The Labute approximate surface area is 237 Å². The van der Waals surface area contributed by atoms with E-state index >= 15 is 4.39 Å². The van der Waals surface area contributed by atoms with Gasteiger partial charge in [-0.05, 0) is 51.7 Å². The van der Waals surface area contributed by atoms with Gasteiger partial charge in [0, 0.05) is 47.9 Å². The molecular formula is C28H38BrFN8O. The Hall–Kier alpha value is -2.63. The molecule has 2 aliphatic heterocycles. The van der Waals surface area contributed by atoms with Gasteiger partial charge in [-0.2, -0.15) is 4.98 Å². The van der Waals surface area contributed by atoms with Gasteiger partial charge in [-0.25, -0.2) is 9.37 Å². The lowest BCUT2D eigenvalue weighted by atomic mass is 9.91. The molecular weight excluding hydrogens is 563 g/mol. The van der Waals surface area contributed by atoms with E-state index in [4.69, 9.17) is 20.5 Å². The zero-order valence-corrected chi connectivity index (χ0v) is 24.9. The number of aryl methyl sites for hydroxylation is 1. The van der Waals surface area contributed by atoms with Gasteiger partial charge in [0.05, 0.1) is 19.0 Å². The molecule has 2 N–H and O–H groups in total. The molecule has 0 radical (unpaired) electrons. The monoisotopic (exact) mass is 600 g/mol. The average Bonchev–Trinajstić information content (AvgIpc) is 3.50. The summed E-state index contributed by atoms with van der Waals surface area (Å²) in [5.41, 5.74) is 2.11. The van der Waals surface area contributed by atoms with Gasteiger partial charge in [0.25, 0.3) is 0 Å². The summed E-state index contributed by atoms with van der Waals surface area (Å²) in [5.74, 6) is 1.50. The molecule has 2 aliphatic rings. The van der Waals surface area contributed by atoms with E-state index in [1.54, 1.807) is 6.07 Å². The molecule has 210 valence electrons. The molecule has 3 aromatic rings. The molecule has 5 rings (SSSR count). The Morgan fingerprint density at radius 2 is 1.97 bits per heavy atom. The van der Waals surface area contributed by atoms with Crippen LogP contribution in [0.25, 0.3) is 11.2 Å². The van der Waals surface area contributed by atoms with Gasteiger partial charge in [0.2, 0.25) is 5.62 Å². The third-order valence-electron chi connectivity index (χ3n) is 8.13. The van der Waals surface area contributed by atoms with Gasteiger partial charge in [0.1, 0.15) is 17.2 Å². The maximum Gasteiger partial charge on any atom is 0.231 e. The smallest absolute Gasteiger partial charge is 0.231 e. The van der Waals surface area contributed by atoms with E-state index in [-0.39, 0.29) is 41.6 Å². The highest BCUT2D eigenvalue weighted by Gasteiger charge is 2.38. The summed E-state index contributed by atoms with van der Waals surface area (Å²) in [6, 6.07) is 5.43. The maximum atomic E-state index is 15.1. The largest absolute Gasteiger partial charge is 0.376 e. The summed E-state index contributed by atoms with van der Waals surface area (Å²) >= 11 is 3.39. The molecule has 39 heavy (non-hydrogen) atoms. The number of hydrogen-bond donors (Lipinski definition) is 2. The van der Waals surface area contributed by atoms with Crippen LogP contribution >= 0.6 is 15.9 Å². The van der Waals surface area contributed by atoms with Crippen molar-refractivity contribution in [3.63, 3.8) is 0 Å². The highest BCUT2D eigenvalue weighted by molar-refractivity contribution is 9.10. The van der Waals surface area contributed by atoms with Crippen molar-refractivity contribution in [3.8, 4) is 0 Å². The first-order chi connectivity index (χ1) is 18.6. The van der Waals surface area contributed by atoms with Crippen molar-refractivity contribution in [2.45, 2.75) is 78.2 Å².